The van der Waals surface area contributed by atoms with Crippen molar-refractivity contribution in [2.24, 2.45) is 5.92 Å². The molecule has 3 aromatic carbocycles. The molecule has 204 valence electrons. The van der Waals surface area contributed by atoms with Gasteiger partial charge in [0, 0.05) is 63.6 Å². The summed E-state index contributed by atoms with van der Waals surface area (Å²) >= 11 is 8.53. The van der Waals surface area contributed by atoms with Crippen LogP contribution in [0.2, 0.25) is 0 Å². The Labute approximate surface area is 249 Å². The van der Waals surface area contributed by atoms with Gasteiger partial charge in [-0.2, -0.15) is 11.8 Å². The third kappa shape index (κ3) is 5.57. The minimum absolute atomic E-state index is 0. The molecular weight excluding hydrogens is 561 g/mol. The highest BCUT2D eigenvalue weighted by Gasteiger charge is 2.41. The average Bonchev–Trinajstić information content (AvgIpc) is 3.18. The van der Waals surface area contributed by atoms with Crippen molar-refractivity contribution in [3.63, 3.8) is 0 Å². The molecule has 40 heavy (non-hydrogen) atoms. The van der Waals surface area contributed by atoms with E-state index in [1.54, 1.807) is 12.1 Å². The lowest BCUT2D eigenvalue weighted by Crippen LogP contribution is -2.48. The molecule has 2 aliphatic heterocycles. The molecule has 0 radical (unpaired) electrons. The van der Waals surface area contributed by atoms with Crippen molar-refractivity contribution in [3.8, 4) is 11.1 Å². The molecule has 2 heterocycles. The third-order valence-corrected chi connectivity index (χ3v) is 8.81. The number of Topliss-reactive ketones (excluding diaryl/α,β-unsaturated/α-hetero) is 1. The molecule has 2 unspecified atom stereocenters. The van der Waals surface area contributed by atoms with E-state index in [1.807, 2.05) is 97.0 Å². The van der Waals surface area contributed by atoms with Gasteiger partial charge in [-0.25, -0.2) is 0 Å². The van der Waals surface area contributed by atoms with Crippen LogP contribution >= 0.6 is 35.8 Å². The second-order valence-corrected chi connectivity index (χ2v) is 11.3. The van der Waals surface area contributed by atoms with Gasteiger partial charge in [-0.15, -0.1) is 12.4 Å². The van der Waals surface area contributed by atoms with Crippen molar-refractivity contribution in [3.05, 3.63) is 125 Å². The molecule has 3 aromatic rings. The van der Waals surface area contributed by atoms with E-state index in [9.17, 15) is 9.59 Å². The number of rotatable bonds is 5. The highest BCUT2D eigenvalue weighted by Crippen LogP contribution is 2.40. The fraction of sp³-hybridized carbons (Fsp3) is 0.188. The number of allylic oxidation sites excluding steroid dienone is 1. The Hall–Kier alpha value is -3.45. The Morgan fingerprint density at radius 2 is 1.70 bits per heavy atom. The zero-order valence-electron chi connectivity index (χ0n) is 21.7. The van der Waals surface area contributed by atoms with Gasteiger partial charge < -0.3 is 15.5 Å². The second kappa shape index (κ2) is 12.4. The van der Waals surface area contributed by atoms with Gasteiger partial charge in [0.1, 0.15) is 0 Å². The van der Waals surface area contributed by atoms with E-state index in [2.05, 4.69) is 15.5 Å². The highest BCUT2D eigenvalue weighted by atomic mass is 35.5. The number of anilines is 1. The molecule has 3 aliphatic rings. The SMILES string of the molecule is Cl.O=C(Nc1ccc(C(=O)C2CC=C(Cl)C3=CNC=C4CSCCN4C32)cc1)c1ccccc1-c1ccccc1. The Morgan fingerprint density at radius 1 is 0.950 bits per heavy atom. The number of thioether (sulfide) groups is 1. The molecule has 5 nitrogen and oxygen atoms in total. The lowest BCUT2D eigenvalue weighted by atomic mass is 9.79. The first-order valence-corrected chi connectivity index (χ1v) is 14.6. The summed E-state index contributed by atoms with van der Waals surface area (Å²) in [5, 5.41) is 6.98. The lowest BCUT2D eigenvalue weighted by Gasteiger charge is -2.43. The van der Waals surface area contributed by atoms with Crippen LogP contribution in [0.4, 0.5) is 5.69 Å². The van der Waals surface area contributed by atoms with Crippen molar-refractivity contribution in [1.29, 1.82) is 0 Å². The quantitative estimate of drug-likeness (QED) is 0.311. The molecule has 1 fully saturated rings. The smallest absolute Gasteiger partial charge is 0.256 e. The molecule has 6 rings (SSSR count). The van der Waals surface area contributed by atoms with Gasteiger partial charge in [0.2, 0.25) is 0 Å². The van der Waals surface area contributed by atoms with E-state index in [1.165, 1.54) is 5.70 Å². The summed E-state index contributed by atoms with van der Waals surface area (Å²) in [6.07, 6.45) is 6.50. The highest BCUT2D eigenvalue weighted by molar-refractivity contribution is 7.99. The van der Waals surface area contributed by atoms with Gasteiger partial charge in [-0.05, 0) is 47.9 Å². The summed E-state index contributed by atoms with van der Waals surface area (Å²) in [7, 11) is 0. The van der Waals surface area contributed by atoms with Crippen LogP contribution in [-0.2, 0) is 0 Å². The maximum Gasteiger partial charge on any atom is 0.256 e. The van der Waals surface area contributed by atoms with E-state index in [0.717, 1.165) is 34.8 Å². The molecule has 1 saturated heterocycles. The number of benzene rings is 3. The summed E-state index contributed by atoms with van der Waals surface area (Å²) in [6, 6.07) is 24.5. The van der Waals surface area contributed by atoms with E-state index >= 15 is 0 Å². The predicted octanol–water partition coefficient (Wildman–Crippen LogP) is 7.10. The van der Waals surface area contributed by atoms with Crippen LogP contribution in [0.25, 0.3) is 11.1 Å². The maximum atomic E-state index is 13.8. The third-order valence-electron chi connectivity index (χ3n) is 7.47. The summed E-state index contributed by atoms with van der Waals surface area (Å²) < 4.78 is 0. The van der Waals surface area contributed by atoms with Crippen molar-refractivity contribution < 1.29 is 9.59 Å². The Kier molecular flexibility index (Phi) is 8.69. The normalized spacial score (nSPS) is 19.7. The fourth-order valence-corrected chi connectivity index (χ4v) is 6.73. The molecular formula is C32H29Cl2N3O2S. The zero-order valence-corrected chi connectivity index (χ0v) is 24.1. The van der Waals surface area contributed by atoms with Crippen LogP contribution in [0.5, 0.6) is 0 Å². The van der Waals surface area contributed by atoms with Crippen LogP contribution in [0.15, 0.2) is 114 Å². The molecule has 2 N–H and O–H groups in total. The summed E-state index contributed by atoms with van der Waals surface area (Å²) in [6.45, 7) is 0.879. The van der Waals surface area contributed by atoms with Crippen molar-refractivity contribution >= 4 is 53.1 Å². The number of hydrogen-bond donors (Lipinski definition) is 2. The minimum Gasteiger partial charge on any atom is -0.366 e. The number of nitrogens with zero attached hydrogens (tertiary/aromatic N) is 1. The monoisotopic (exact) mass is 589 g/mol. The van der Waals surface area contributed by atoms with Crippen molar-refractivity contribution in [1.82, 2.24) is 10.2 Å². The van der Waals surface area contributed by atoms with Gasteiger partial charge in [-0.3, -0.25) is 9.59 Å². The molecule has 1 aliphatic carbocycles. The Bertz CT molecular complexity index is 1500. The van der Waals surface area contributed by atoms with Gasteiger partial charge in [-0.1, -0.05) is 66.2 Å². The molecule has 8 heteroatoms. The van der Waals surface area contributed by atoms with E-state index < -0.39 is 0 Å². The first-order valence-electron chi connectivity index (χ1n) is 13.1. The van der Waals surface area contributed by atoms with Gasteiger partial charge in [0.05, 0.1) is 12.0 Å². The van der Waals surface area contributed by atoms with Crippen molar-refractivity contribution in [2.45, 2.75) is 12.5 Å². The second-order valence-electron chi connectivity index (χ2n) is 9.79. The first kappa shape index (κ1) is 28.1. The topological polar surface area (TPSA) is 61.4 Å². The van der Waals surface area contributed by atoms with Crippen molar-refractivity contribution in [2.75, 3.05) is 23.4 Å². The Morgan fingerprint density at radius 3 is 2.50 bits per heavy atom. The van der Waals surface area contributed by atoms with Crippen LogP contribution in [0.3, 0.4) is 0 Å². The number of halogens is 2. The predicted molar refractivity (Wildman–Crippen MR) is 167 cm³/mol. The van der Waals surface area contributed by atoms with E-state index in [0.29, 0.717) is 28.3 Å². The molecule has 2 atom stereocenters. The van der Waals surface area contributed by atoms with Crippen LogP contribution in [-0.4, -0.2) is 40.7 Å². The molecule has 0 saturated carbocycles. The summed E-state index contributed by atoms with van der Waals surface area (Å²) in [5.41, 5.74) is 5.88. The van der Waals surface area contributed by atoms with Crippen LogP contribution < -0.4 is 10.6 Å². The average molecular weight is 591 g/mol. The molecule has 0 aromatic heterocycles. The first-order chi connectivity index (χ1) is 19.1. The summed E-state index contributed by atoms with van der Waals surface area (Å²) in [5.74, 6) is 1.57. The van der Waals surface area contributed by atoms with E-state index in [-0.39, 0.29) is 36.1 Å². The number of carbonyl (C=O) groups excluding carboxylic acids is 2. The lowest BCUT2D eigenvalue weighted by molar-refractivity contribution is 0.0849. The number of ketones is 1. The van der Waals surface area contributed by atoms with E-state index in [4.69, 9.17) is 11.6 Å². The fourth-order valence-electron chi connectivity index (χ4n) is 5.54. The number of fused-ring (bicyclic) bond motifs is 3. The maximum absolute atomic E-state index is 13.8. The number of hydrogen-bond acceptors (Lipinski definition) is 5. The summed E-state index contributed by atoms with van der Waals surface area (Å²) in [4.78, 5) is 29.4. The zero-order chi connectivity index (χ0) is 26.8. The molecule has 0 bridgehead atoms. The van der Waals surface area contributed by atoms with Gasteiger partial charge in [0.25, 0.3) is 5.91 Å². The van der Waals surface area contributed by atoms with Crippen LogP contribution in [0, 0.1) is 5.92 Å². The minimum atomic E-state index is -0.247. The van der Waals surface area contributed by atoms with Gasteiger partial charge >= 0.3 is 0 Å². The molecule has 0 spiro atoms. The van der Waals surface area contributed by atoms with Gasteiger partial charge in [0.15, 0.2) is 5.78 Å². The Balaban J connectivity index is 0.00000323. The number of amides is 1. The number of nitrogens with one attached hydrogen (secondary N) is 2. The molecule has 1 amide bonds. The standard InChI is InChI=1S/C32H28ClN3O2S.ClH/c33-29-15-14-27(30-28(29)19-34-18-24-20-39-17-16-36(24)30)31(37)22-10-12-23(13-11-22)35-32(38)26-9-5-4-8-25(26)21-6-2-1-3-7-21;/h1-13,15,18-19,27,30,34H,14,16-17,20H2,(H,35,38);1H. The van der Waals surface area contributed by atoms with Crippen LogP contribution in [0.1, 0.15) is 27.1 Å². The largest absolute Gasteiger partial charge is 0.366 e. The number of carbonyl (C=O) groups is 2.